The summed E-state index contributed by atoms with van der Waals surface area (Å²) < 4.78 is 6.11. The number of nitrogens with zero attached hydrogens (tertiary/aromatic N) is 2. The number of benzene rings is 1. The van der Waals surface area contributed by atoms with E-state index >= 15 is 0 Å². The Hall–Kier alpha value is -2.57. The molecule has 0 bridgehead atoms. The van der Waals surface area contributed by atoms with E-state index in [2.05, 4.69) is 19.2 Å². The van der Waals surface area contributed by atoms with Crippen molar-refractivity contribution >= 4 is 17.8 Å². The molecule has 1 aliphatic carbocycles. The normalized spacial score (nSPS) is 28.9. The molecule has 2 aliphatic heterocycles. The Morgan fingerprint density at radius 3 is 2.52 bits per heavy atom. The second-order valence-electron chi connectivity index (χ2n) is 11.2. The van der Waals surface area contributed by atoms with Gasteiger partial charge in [-0.3, -0.25) is 14.5 Å². The molecule has 1 aromatic rings. The number of carbonyl (C=O) groups excluding carboxylic acids is 2. The van der Waals surface area contributed by atoms with Crippen LogP contribution in [-0.2, 0) is 9.59 Å². The fourth-order valence-electron chi connectivity index (χ4n) is 5.70. The van der Waals surface area contributed by atoms with Crippen LogP contribution in [0.25, 0.3) is 0 Å². The van der Waals surface area contributed by atoms with E-state index in [4.69, 9.17) is 15.5 Å². The Morgan fingerprint density at radius 1 is 1.21 bits per heavy atom. The number of guanidine groups is 1. The van der Waals surface area contributed by atoms with Crippen LogP contribution in [0.15, 0.2) is 29.3 Å². The van der Waals surface area contributed by atoms with E-state index < -0.39 is 5.54 Å². The van der Waals surface area contributed by atoms with Crippen molar-refractivity contribution in [2.24, 2.45) is 28.0 Å². The van der Waals surface area contributed by atoms with Gasteiger partial charge in [0.15, 0.2) is 5.96 Å². The fourth-order valence-corrected chi connectivity index (χ4v) is 5.70. The average molecular weight is 455 g/mol. The van der Waals surface area contributed by atoms with Crippen LogP contribution in [0, 0.1) is 17.3 Å². The third kappa shape index (κ3) is 4.22. The molecule has 1 saturated carbocycles. The highest BCUT2D eigenvalue weighted by Gasteiger charge is 2.62. The monoisotopic (exact) mass is 454 g/mol. The minimum Gasteiger partial charge on any atom is -0.487 e. The number of hydrogen-bond donors (Lipinski definition) is 2. The van der Waals surface area contributed by atoms with Crippen LogP contribution in [0.5, 0.6) is 5.75 Å². The highest BCUT2D eigenvalue weighted by atomic mass is 16.5. The Labute approximate surface area is 197 Å². The summed E-state index contributed by atoms with van der Waals surface area (Å²) in [4.78, 5) is 32.7. The second-order valence-corrected chi connectivity index (χ2v) is 11.2. The van der Waals surface area contributed by atoms with Crippen molar-refractivity contribution in [3.05, 3.63) is 29.8 Å². The Balaban J connectivity index is 1.48. The number of nitrogens with one attached hydrogen (secondary N) is 1. The van der Waals surface area contributed by atoms with E-state index in [0.29, 0.717) is 19.4 Å². The van der Waals surface area contributed by atoms with Crippen molar-refractivity contribution < 1.29 is 14.3 Å². The van der Waals surface area contributed by atoms with Crippen LogP contribution in [-0.4, -0.2) is 40.4 Å². The van der Waals surface area contributed by atoms with Gasteiger partial charge in [0.25, 0.3) is 0 Å². The van der Waals surface area contributed by atoms with Gasteiger partial charge < -0.3 is 15.8 Å². The van der Waals surface area contributed by atoms with Gasteiger partial charge in [-0.25, -0.2) is 4.99 Å². The summed E-state index contributed by atoms with van der Waals surface area (Å²) in [5.74, 6) is 1.00. The lowest BCUT2D eigenvalue weighted by Gasteiger charge is -2.38. The number of carbonyl (C=O) groups is 2. The number of hydrogen-bond acceptors (Lipinski definition) is 5. The predicted molar refractivity (Wildman–Crippen MR) is 129 cm³/mol. The minimum atomic E-state index is -0.392. The van der Waals surface area contributed by atoms with Gasteiger partial charge in [-0.15, -0.1) is 0 Å². The SMILES string of the molecule is CCC1(CC)CC(=O)N(CC2C(C(=O)N[C@H]3CC(C)(C)Oc4ccccc43)C2(C)C)C(N)=N1. The maximum Gasteiger partial charge on any atom is 0.231 e. The fraction of sp³-hybridized carbons (Fsp3) is 0.654. The number of rotatable bonds is 6. The molecule has 2 heterocycles. The van der Waals surface area contributed by atoms with Gasteiger partial charge in [0.05, 0.1) is 18.0 Å². The molecule has 1 aromatic carbocycles. The molecule has 0 radical (unpaired) electrons. The van der Waals surface area contributed by atoms with Crippen molar-refractivity contribution in [3.8, 4) is 5.75 Å². The van der Waals surface area contributed by atoms with Crippen molar-refractivity contribution in [1.29, 1.82) is 0 Å². The van der Waals surface area contributed by atoms with Gasteiger partial charge in [0.2, 0.25) is 11.8 Å². The van der Waals surface area contributed by atoms with Crippen molar-refractivity contribution in [1.82, 2.24) is 10.2 Å². The largest absolute Gasteiger partial charge is 0.487 e. The average Bonchev–Trinajstić information content (AvgIpc) is 3.29. The molecule has 3 N–H and O–H groups in total. The first-order chi connectivity index (χ1) is 15.4. The molecule has 180 valence electrons. The van der Waals surface area contributed by atoms with Crippen molar-refractivity contribution in [3.63, 3.8) is 0 Å². The first-order valence-electron chi connectivity index (χ1n) is 12.2. The Bertz CT molecular complexity index is 980. The predicted octanol–water partition coefficient (Wildman–Crippen LogP) is 3.78. The Kier molecular flexibility index (Phi) is 5.74. The third-order valence-electron chi connectivity index (χ3n) is 8.13. The topological polar surface area (TPSA) is 97.0 Å². The van der Waals surface area contributed by atoms with Gasteiger partial charge in [-0.2, -0.15) is 0 Å². The van der Waals surface area contributed by atoms with Gasteiger partial charge in [0.1, 0.15) is 11.4 Å². The number of amides is 2. The lowest BCUT2D eigenvalue weighted by atomic mass is 9.88. The highest BCUT2D eigenvalue weighted by Crippen LogP contribution is 2.59. The smallest absolute Gasteiger partial charge is 0.231 e. The summed E-state index contributed by atoms with van der Waals surface area (Å²) in [7, 11) is 0. The number of ether oxygens (including phenoxy) is 1. The lowest BCUT2D eigenvalue weighted by molar-refractivity contribution is -0.130. The quantitative estimate of drug-likeness (QED) is 0.683. The molecule has 1 fully saturated rings. The first-order valence-corrected chi connectivity index (χ1v) is 12.2. The van der Waals surface area contributed by atoms with E-state index in [9.17, 15) is 9.59 Å². The van der Waals surface area contributed by atoms with Crippen LogP contribution in [0.3, 0.4) is 0 Å². The minimum absolute atomic E-state index is 0.00756. The van der Waals surface area contributed by atoms with E-state index in [1.54, 1.807) is 4.90 Å². The summed E-state index contributed by atoms with van der Waals surface area (Å²) >= 11 is 0. The molecule has 0 saturated heterocycles. The number of aliphatic imine (C=N–C) groups is 1. The van der Waals surface area contributed by atoms with Crippen LogP contribution >= 0.6 is 0 Å². The Morgan fingerprint density at radius 2 is 1.88 bits per heavy atom. The van der Waals surface area contributed by atoms with Gasteiger partial charge >= 0.3 is 0 Å². The van der Waals surface area contributed by atoms with Gasteiger partial charge in [-0.1, -0.05) is 45.9 Å². The molecule has 2 amide bonds. The number of para-hydroxylation sites is 1. The third-order valence-corrected chi connectivity index (χ3v) is 8.13. The van der Waals surface area contributed by atoms with E-state index in [1.165, 1.54) is 0 Å². The van der Waals surface area contributed by atoms with E-state index in [-0.39, 0.29) is 46.7 Å². The lowest BCUT2D eigenvalue weighted by Crippen LogP contribution is -2.52. The summed E-state index contributed by atoms with van der Waals surface area (Å²) in [6, 6.07) is 7.79. The molecule has 2 unspecified atom stereocenters. The molecular weight excluding hydrogens is 416 g/mol. The zero-order valence-electron chi connectivity index (χ0n) is 20.8. The summed E-state index contributed by atoms with van der Waals surface area (Å²) in [6.45, 7) is 12.8. The maximum atomic E-state index is 13.4. The van der Waals surface area contributed by atoms with Crippen LogP contribution in [0.2, 0.25) is 0 Å². The van der Waals surface area contributed by atoms with E-state index in [0.717, 1.165) is 24.2 Å². The molecule has 0 aromatic heterocycles. The molecule has 7 heteroatoms. The van der Waals surface area contributed by atoms with E-state index in [1.807, 2.05) is 52.0 Å². The van der Waals surface area contributed by atoms with Crippen molar-refractivity contribution in [2.45, 2.75) is 84.4 Å². The summed E-state index contributed by atoms with van der Waals surface area (Å²) in [5.41, 5.74) is 6.30. The van der Waals surface area contributed by atoms with Crippen LogP contribution in [0.1, 0.15) is 78.8 Å². The molecule has 4 rings (SSSR count). The number of nitrogens with two attached hydrogens (primary N) is 1. The van der Waals surface area contributed by atoms with Crippen LogP contribution < -0.4 is 15.8 Å². The highest BCUT2D eigenvalue weighted by molar-refractivity contribution is 5.99. The summed E-state index contributed by atoms with van der Waals surface area (Å²) in [6.07, 6.45) is 2.64. The zero-order chi connectivity index (χ0) is 24.2. The maximum absolute atomic E-state index is 13.4. The number of fused-ring (bicyclic) bond motifs is 1. The van der Waals surface area contributed by atoms with Gasteiger partial charge in [-0.05, 0) is 44.1 Å². The molecule has 3 atom stereocenters. The molecule has 3 aliphatic rings. The van der Waals surface area contributed by atoms with Crippen LogP contribution in [0.4, 0.5) is 0 Å². The molecular formula is C26H38N4O3. The van der Waals surface area contributed by atoms with Gasteiger partial charge in [0, 0.05) is 24.4 Å². The molecule has 0 spiro atoms. The zero-order valence-corrected chi connectivity index (χ0v) is 20.8. The standard InChI is InChI=1S/C26H38N4O3/c1-7-26(8-2)14-20(31)30(23(27)29-26)15-17-21(25(17,5)6)22(32)28-18-13-24(3,4)33-19-12-10-9-11-16(18)19/h9-12,17-18,21H,7-8,13-15H2,1-6H3,(H2,27,29)(H,28,32)/t17?,18-,21?/m0/s1. The molecule has 7 nitrogen and oxygen atoms in total. The second kappa shape index (κ2) is 8.03. The summed E-state index contributed by atoms with van der Waals surface area (Å²) in [5, 5.41) is 3.29. The van der Waals surface area contributed by atoms with Crippen molar-refractivity contribution in [2.75, 3.05) is 6.54 Å². The first kappa shape index (κ1) is 23.6. The molecule has 33 heavy (non-hydrogen) atoms.